The van der Waals surface area contributed by atoms with E-state index in [0.717, 1.165) is 13.0 Å². The molecule has 0 radical (unpaired) electrons. The van der Waals surface area contributed by atoms with E-state index in [9.17, 15) is 4.79 Å². The molecule has 0 aromatic rings. The Hall–Kier alpha value is -0.320. The second-order valence-corrected chi connectivity index (χ2v) is 5.34. The summed E-state index contributed by atoms with van der Waals surface area (Å²) in [6, 6.07) is -0.203. The first-order chi connectivity index (χ1) is 6.94. The van der Waals surface area contributed by atoms with Gasteiger partial charge in [-0.05, 0) is 13.3 Å². The Morgan fingerprint density at radius 3 is 2.75 bits per heavy atom. The normalized spacial score (nSPS) is 36.6. The molecule has 0 bridgehead atoms. The van der Waals surface area contributed by atoms with Crippen molar-refractivity contribution in [2.75, 3.05) is 6.61 Å². The minimum atomic E-state index is -0.429. The molecule has 1 saturated heterocycles. The van der Waals surface area contributed by atoms with E-state index in [1.807, 2.05) is 0 Å². The average molecular weight is 249 g/mol. The van der Waals surface area contributed by atoms with Gasteiger partial charge in [0.1, 0.15) is 0 Å². The van der Waals surface area contributed by atoms with Gasteiger partial charge in [-0.1, -0.05) is 13.8 Å². The summed E-state index contributed by atoms with van der Waals surface area (Å²) in [7, 11) is 0. The molecular weight excluding hydrogens is 228 g/mol. The summed E-state index contributed by atoms with van der Waals surface area (Å²) >= 11 is 0. The zero-order valence-electron chi connectivity index (χ0n) is 10.0. The number of fused-ring (bicyclic) bond motifs is 1. The van der Waals surface area contributed by atoms with Gasteiger partial charge in [-0.25, -0.2) is 0 Å². The van der Waals surface area contributed by atoms with E-state index in [1.54, 1.807) is 6.92 Å². The summed E-state index contributed by atoms with van der Waals surface area (Å²) in [4.78, 5) is 11.5. The van der Waals surface area contributed by atoms with E-state index in [1.165, 1.54) is 0 Å². The first-order valence-electron chi connectivity index (χ1n) is 5.62. The van der Waals surface area contributed by atoms with Gasteiger partial charge in [-0.15, -0.1) is 12.4 Å². The Balaban J connectivity index is 0.00000128. The fraction of sp³-hybridized carbons (Fsp3) is 0.909. The minimum absolute atomic E-state index is 0. The quantitative estimate of drug-likeness (QED) is 0.756. The number of rotatable bonds is 2. The summed E-state index contributed by atoms with van der Waals surface area (Å²) in [5, 5.41) is 3.03. The number of carbonyl (C=O) groups is 1. The van der Waals surface area contributed by atoms with Gasteiger partial charge in [-0.2, -0.15) is 0 Å². The van der Waals surface area contributed by atoms with E-state index < -0.39 is 6.04 Å². The number of halogens is 1. The molecule has 1 aliphatic heterocycles. The van der Waals surface area contributed by atoms with Crippen molar-refractivity contribution in [2.45, 2.75) is 45.4 Å². The first kappa shape index (κ1) is 13.7. The molecule has 3 unspecified atom stereocenters. The summed E-state index contributed by atoms with van der Waals surface area (Å²) in [5.41, 5.74) is 5.59. The van der Waals surface area contributed by atoms with Crippen molar-refractivity contribution in [3.05, 3.63) is 0 Å². The van der Waals surface area contributed by atoms with Crippen LogP contribution in [0.25, 0.3) is 0 Å². The van der Waals surface area contributed by atoms with Crippen LogP contribution in [0.15, 0.2) is 0 Å². The third kappa shape index (κ3) is 1.94. The molecule has 16 heavy (non-hydrogen) atoms. The Kier molecular flexibility index (Phi) is 3.87. The molecule has 4 nitrogen and oxygen atoms in total. The fourth-order valence-electron chi connectivity index (χ4n) is 2.90. The second kappa shape index (κ2) is 4.51. The van der Waals surface area contributed by atoms with Crippen LogP contribution in [0.3, 0.4) is 0 Å². The molecule has 1 amide bonds. The van der Waals surface area contributed by atoms with Crippen molar-refractivity contribution in [3.8, 4) is 0 Å². The molecule has 2 fully saturated rings. The lowest BCUT2D eigenvalue weighted by Gasteiger charge is -2.54. The van der Waals surface area contributed by atoms with Crippen LogP contribution in [0.5, 0.6) is 0 Å². The van der Waals surface area contributed by atoms with E-state index >= 15 is 0 Å². The molecule has 2 rings (SSSR count). The maximum atomic E-state index is 11.5. The van der Waals surface area contributed by atoms with Crippen LogP contribution < -0.4 is 11.1 Å². The largest absolute Gasteiger partial charge is 0.377 e. The average Bonchev–Trinajstić information content (AvgIpc) is 2.59. The third-order valence-electron chi connectivity index (χ3n) is 3.81. The van der Waals surface area contributed by atoms with Crippen LogP contribution in [0, 0.1) is 11.3 Å². The minimum Gasteiger partial charge on any atom is -0.377 e. The van der Waals surface area contributed by atoms with Gasteiger partial charge < -0.3 is 15.8 Å². The van der Waals surface area contributed by atoms with E-state index in [-0.39, 0.29) is 29.8 Å². The van der Waals surface area contributed by atoms with Crippen molar-refractivity contribution in [2.24, 2.45) is 17.1 Å². The number of ether oxygens (including phenoxy) is 1. The van der Waals surface area contributed by atoms with E-state index in [0.29, 0.717) is 12.0 Å². The SMILES string of the molecule is C[C@H](N)C(=O)NC1C2CCOC2C1(C)C.Cl. The molecule has 94 valence electrons. The Morgan fingerprint density at radius 1 is 1.56 bits per heavy atom. The van der Waals surface area contributed by atoms with Gasteiger partial charge >= 0.3 is 0 Å². The Labute approximate surface area is 103 Å². The van der Waals surface area contributed by atoms with E-state index in [4.69, 9.17) is 10.5 Å². The predicted octanol–water partition coefficient (Wildman–Crippen LogP) is 0.685. The van der Waals surface area contributed by atoms with Crippen molar-refractivity contribution >= 4 is 18.3 Å². The summed E-state index contributed by atoms with van der Waals surface area (Å²) < 4.78 is 5.66. The summed E-state index contributed by atoms with van der Waals surface area (Å²) in [6.45, 7) is 6.82. The molecule has 0 aromatic heterocycles. The lowest BCUT2D eigenvalue weighted by Crippen LogP contribution is -2.67. The van der Waals surface area contributed by atoms with Gasteiger partial charge in [0.15, 0.2) is 0 Å². The molecule has 4 atom stereocenters. The Morgan fingerprint density at radius 2 is 2.19 bits per heavy atom. The summed E-state index contributed by atoms with van der Waals surface area (Å²) in [5.74, 6) is 0.432. The van der Waals surface area contributed by atoms with Gasteiger partial charge in [0.2, 0.25) is 5.91 Å². The first-order valence-corrected chi connectivity index (χ1v) is 5.62. The lowest BCUT2D eigenvalue weighted by atomic mass is 9.57. The number of hydrogen-bond acceptors (Lipinski definition) is 3. The number of nitrogens with two attached hydrogens (primary N) is 1. The highest BCUT2D eigenvalue weighted by Gasteiger charge is 2.59. The maximum Gasteiger partial charge on any atom is 0.236 e. The number of carbonyl (C=O) groups excluding carboxylic acids is 1. The van der Waals surface area contributed by atoms with Gasteiger partial charge in [0, 0.05) is 24.0 Å². The molecule has 0 spiro atoms. The zero-order valence-corrected chi connectivity index (χ0v) is 10.8. The van der Waals surface area contributed by atoms with Crippen molar-refractivity contribution in [3.63, 3.8) is 0 Å². The highest BCUT2D eigenvalue weighted by molar-refractivity contribution is 5.85. The fourth-order valence-corrected chi connectivity index (χ4v) is 2.90. The van der Waals surface area contributed by atoms with Gasteiger partial charge in [0.05, 0.1) is 12.1 Å². The maximum absolute atomic E-state index is 11.5. The summed E-state index contributed by atoms with van der Waals surface area (Å²) in [6.07, 6.45) is 1.37. The third-order valence-corrected chi connectivity index (χ3v) is 3.81. The van der Waals surface area contributed by atoms with Crippen LogP contribution in [0.4, 0.5) is 0 Å². The van der Waals surface area contributed by atoms with Crippen molar-refractivity contribution in [1.82, 2.24) is 5.32 Å². The number of nitrogens with one attached hydrogen (secondary N) is 1. The molecule has 5 heteroatoms. The highest BCUT2D eigenvalue weighted by Crippen LogP contribution is 2.52. The second-order valence-electron chi connectivity index (χ2n) is 5.34. The van der Waals surface area contributed by atoms with Crippen LogP contribution in [0.1, 0.15) is 27.2 Å². The smallest absolute Gasteiger partial charge is 0.236 e. The molecule has 1 aliphatic carbocycles. The topological polar surface area (TPSA) is 64.4 Å². The standard InChI is InChI=1S/C11H20N2O2.ClH/c1-6(12)10(14)13-8-7-4-5-15-9(7)11(8,2)3;/h6-9H,4-5,12H2,1-3H3,(H,13,14);1H/t6-,7?,8?,9?;/m0./s1. The van der Waals surface area contributed by atoms with Crippen molar-refractivity contribution < 1.29 is 9.53 Å². The zero-order chi connectivity index (χ0) is 11.2. The Bertz CT molecular complexity index is 281. The highest BCUT2D eigenvalue weighted by atomic mass is 35.5. The molecule has 0 aromatic carbocycles. The monoisotopic (exact) mass is 248 g/mol. The molecule has 3 N–H and O–H groups in total. The molecular formula is C11H21ClN2O2. The van der Waals surface area contributed by atoms with Crippen molar-refractivity contribution in [1.29, 1.82) is 0 Å². The van der Waals surface area contributed by atoms with Crippen LogP contribution >= 0.6 is 12.4 Å². The lowest BCUT2D eigenvalue weighted by molar-refractivity contribution is -0.138. The predicted molar refractivity (Wildman–Crippen MR) is 64.5 cm³/mol. The molecule has 1 heterocycles. The van der Waals surface area contributed by atoms with E-state index in [2.05, 4.69) is 19.2 Å². The van der Waals surface area contributed by atoms with Gasteiger partial charge in [-0.3, -0.25) is 4.79 Å². The van der Waals surface area contributed by atoms with Crippen LogP contribution in [0.2, 0.25) is 0 Å². The number of hydrogen-bond donors (Lipinski definition) is 2. The number of amides is 1. The van der Waals surface area contributed by atoms with Crippen LogP contribution in [-0.4, -0.2) is 30.7 Å². The van der Waals surface area contributed by atoms with Gasteiger partial charge in [0.25, 0.3) is 0 Å². The van der Waals surface area contributed by atoms with Crippen LogP contribution in [-0.2, 0) is 9.53 Å². The molecule has 1 saturated carbocycles. The molecule has 2 aliphatic rings.